The minimum Gasteiger partial charge on any atom is -0.478 e. The Kier molecular flexibility index (Phi) is 2.40. The average Bonchev–Trinajstić information content (AvgIpc) is 2.33. The molecule has 1 saturated heterocycles. The minimum absolute atomic E-state index is 0.227. The van der Waals surface area contributed by atoms with Gasteiger partial charge in [-0.3, -0.25) is 0 Å². The third kappa shape index (κ3) is 1.68. The van der Waals surface area contributed by atoms with Gasteiger partial charge in [-0.1, -0.05) is 19.1 Å². The molecule has 0 unspecified atom stereocenters. The summed E-state index contributed by atoms with van der Waals surface area (Å²) < 4.78 is 0. The lowest BCUT2D eigenvalue weighted by Crippen LogP contribution is -2.46. The second-order valence-electron chi connectivity index (χ2n) is 4.73. The Labute approximate surface area is 104 Å². The van der Waals surface area contributed by atoms with Crippen molar-refractivity contribution >= 4 is 22.8 Å². The lowest BCUT2D eigenvalue weighted by molar-refractivity contribution is 0.0699. The van der Waals surface area contributed by atoms with Crippen LogP contribution in [0, 0.1) is 5.92 Å². The van der Waals surface area contributed by atoms with E-state index in [0.717, 1.165) is 18.5 Å². The average molecular weight is 243 g/mol. The van der Waals surface area contributed by atoms with Gasteiger partial charge in [-0.2, -0.15) is 0 Å². The predicted octanol–water partition coefficient (Wildman–Crippen LogP) is 1.78. The number of aromatic nitrogens is 2. The molecule has 0 aliphatic carbocycles. The van der Waals surface area contributed by atoms with Crippen LogP contribution in [-0.2, 0) is 0 Å². The van der Waals surface area contributed by atoms with Crippen LogP contribution in [0.15, 0.2) is 24.4 Å². The van der Waals surface area contributed by atoms with Crippen LogP contribution in [0.3, 0.4) is 0 Å². The maximum Gasteiger partial charge on any atom is 0.337 e. The van der Waals surface area contributed by atoms with Crippen molar-refractivity contribution in [2.24, 2.45) is 5.92 Å². The van der Waals surface area contributed by atoms with Gasteiger partial charge in [0.1, 0.15) is 0 Å². The summed E-state index contributed by atoms with van der Waals surface area (Å²) in [7, 11) is 0. The van der Waals surface area contributed by atoms with Crippen LogP contribution in [0.1, 0.15) is 17.3 Å². The maximum absolute atomic E-state index is 11.2. The third-order valence-electron chi connectivity index (χ3n) is 3.18. The summed E-state index contributed by atoms with van der Waals surface area (Å²) >= 11 is 0. The van der Waals surface area contributed by atoms with E-state index in [0.29, 0.717) is 17.4 Å². The molecule has 0 spiro atoms. The smallest absolute Gasteiger partial charge is 0.337 e. The summed E-state index contributed by atoms with van der Waals surface area (Å²) in [5.41, 5.74) is 0.735. The van der Waals surface area contributed by atoms with Crippen molar-refractivity contribution in [3.8, 4) is 0 Å². The fourth-order valence-corrected chi connectivity index (χ4v) is 2.23. The first kappa shape index (κ1) is 11.0. The largest absolute Gasteiger partial charge is 0.478 e. The van der Waals surface area contributed by atoms with Crippen LogP contribution in [-0.4, -0.2) is 34.1 Å². The molecule has 1 aromatic heterocycles. The van der Waals surface area contributed by atoms with E-state index in [1.165, 1.54) is 0 Å². The number of rotatable bonds is 2. The SMILES string of the molecule is CC1CN(c2ncc3cccc(C(=O)O)c3n2)C1. The van der Waals surface area contributed by atoms with Gasteiger partial charge in [0, 0.05) is 24.7 Å². The van der Waals surface area contributed by atoms with Crippen LogP contribution < -0.4 is 4.90 Å². The van der Waals surface area contributed by atoms with Crippen molar-refractivity contribution in [3.63, 3.8) is 0 Å². The van der Waals surface area contributed by atoms with Gasteiger partial charge < -0.3 is 10.0 Å². The highest BCUT2D eigenvalue weighted by Crippen LogP contribution is 2.23. The van der Waals surface area contributed by atoms with Gasteiger partial charge in [0.15, 0.2) is 0 Å². The monoisotopic (exact) mass is 243 g/mol. The van der Waals surface area contributed by atoms with Crippen LogP contribution in [0.25, 0.3) is 10.9 Å². The van der Waals surface area contributed by atoms with Gasteiger partial charge in [-0.05, 0) is 12.0 Å². The summed E-state index contributed by atoms with van der Waals surface area (Å²) in [6, 6.07) is 5.10. The summed E-state index contributed by atoms with van der Waals surface area (Å²) in [5.74, 6) is 0.315. The molecule has 1 N–H and O–H groups in total. The number of anilines is 1. The zero-order valence-corrected chi connectivity index (χ0v) is 10.00. The number of aromatic carboxylic acids is 1. The topological polar surface area (TPSA) is 66.3 Å². The first-order valence-electron chi connectivity index (χ1n) is 5.89. The molecule has 0 amide bonds. The van der Waals surface area contributed by atoms with E-state index in [2.05, 4.69) is 21.8 Å². The second-order valence-corrected chi connectivity index (χ2v) is 4.73. The Bertz CT molecular complexity index is 621. The maximum atomic E-state index is 11.2. The molecular formula is C13H13N3O2. The van der Waals surface area contributed by atoms with E-state index in [1.807, 2.05) is 6.07 Å². The van der Waals surface area contributed by atoms with Gasteiger partial charge in [-0.25, -0.2) is 14.8 Å². The Hall–Kier alpha value is -2.17. The van der Waals surface area contributed by atoms with Crippen LogP contribution in [0.5, 0.6) is 0 Å². The summed E-state index contributed by atoms with van der Waals surface area (Å²) in [6.07, 6.45) is 1.69. The number of fused-ring (bicyclic) bond motifs is 1. The van der Waals surface area contributed by atoms with E-state index in [9.17, 15) is 4.79 Å². The number of hydrogen-bond acceptors (Lipinski definition) is 4. The molecule has 1 aromatic carbocycles. The molecule has 0 bridgehead atoms. The Morgan fingerprint density at radius 2 is 2.22 bits per heavy atom. The van der Waals surface area contributed by atoms with Gasteiger partial charge in [0.25, 0.3) is 0 Å². The lowest BCUT2D eigenvalue weighted by Gasteiger charge is -2.37. The lowest BCUT2D eigenvalue weighted by atomic mass is 10.0. The molecule has 3 rings (SSSR count). The van der Waals surface area contributed by atoms with Crippen LogP contribution in [0.4, 0.5) is 5.95 Å². The van der Waals surface area contributed by atoms with Gasteiger partial charge in [0.2, 0.25) is 5.95 Å². The van der Waals surface area contributed by atoms with Crippen molar-refractivity contribution < 1.29 is 9.90 Å². The van der Waals surface area contributed by atoms with Crippen molar-refractivity contribution in [2.75, 3.05) is 18.0 Å². The van der Waals surface area contributed by atoms with Gasteiger partial charge >= 0.3 is 5.97 Å². The molecule has 5 heteroatoms. The standard InChI is InChI=1S/C13H13N3O2/c1-8-6-16(7-8)13-14-5-9-3-2-4-10(12(17)18)11(9)15-13/h2-5,8H,6-7H2,1H3,(H,17,18). The first-order valence-corrected chi connectivity index (χ1v) is 5.89. The number of carboxylic acids is 1. The van der Waals surface area contributed by atoms with E-state index in [-0.39, 0.29) is 5.56 Å². The molecule has 2 aromatic rings. The van der Waals surface area contributed by atoms with Gasteiger partial charge in [0.05, 0.1) is 11.1 Å². The van der Waals surface area contributed by atoms with Gasteiger partial charge in [-0.15, -0.1) is 0 Å². The fourth-order valence-electron chi connectivity index (χ4n) is 2.23. The highest BCUT2D eigenvalue weighted by molar-refractivity contribution is 6.01. The molecule has 0 saturated carbocycles. The molecule has 1 fully saturated rings. The minimum atomic E-state index is -0.956. The molecule has 0 radical (unpaired) electrons. The summed E-state index contributed by atoms with van der Waals surface area (Å²) in [5, 5.41) is 9.91. The van der Waals surface area contributed by atoms with E-state index in [4.69, 9.17) is 5.11 Å². The summed E-state index contributed by atoms with van der Waals surface area (Å²) in [4.78, 5) is 21.9. The fraction of sp³-hybridized carbons (Fsp3) is 0.308. The van der Waals surface area contributed by atoms with E-state index >= 15 is 0 Å². The number of benzene rings is 1. The molecular weight excluding hydrogens is 230 g/mol. The zero-order valence-electron chi connectivity index (χ0n) is 10.00. The molecule has 5 nitrogen and oxygen atoms in total. The van der Waals surface area contributed by atoms with E-state index < -0.39 is 5.97 Å². The van der Waals surface area contributed by atoms with E-state index in [1.54, 1.807) is 18.3 Å². The number of nitrogens with zero attached hydrogens (tertiary/aromatic N) is 3. The van der Waals surface area contributed by atoms with Crippen LogP contribution in [0.2, 0.25) is 0 Å². The summed E-state index contributed by atoms with van der Waals surface area (Å²) in [6.45, 7) is 4.03. The first-order chi connectivity index (χ1) is 8.65. The Morgan fingerprint density at radius 1 is 1.44 bits per heavy atom. The molecule has 2 heterocycles. The molecule has 1 aliphatic rings. The number of para-hydroxylation sites is 1. The molecule has 0 atom stereocenters. The van der Waals surface area contributed by atoms with Crippen LogP contribution >= 0.6 is 0 Å². The number of carboxylic acid groups (broad SMARTS) is 1. The highest BCUT2D eigenvalue weighted by Gasteiger charge is 2.25. The zero-order chi connectivity index (χ0) is 12.7. The molecule has 18 heavy (non-hydrogen) atoms. The normalized spacial score (nSPS) is 15.7. The molecule has 1 aliphatic heterocycles. The highest BCUT2D eigenvalue weighted by atomic mass is 16.4. The molecule has 92 valence electrons. The predicted molar refractivity (Wildman–Crippen MR) is 67.9 cm³/mol. The van der Waals surface area contributed by atoms with Crippen molar-refractivity contribution in [1.29, 1.82) is 0 Å². The Balaban J connectivity index is 2.09. The van der Waals surface area contributed by atoms with Crippen molar-refractivity contribution in [2.45, 2.75) is 6.92 Å². The quantitative estimate of drug-likeness (QED) is 0.871. The third-order valence-corrected chi connectivity index (χ3v) is 3.18. The van der Waals surface area contributed by atoms with Crippen molar-refractivity contribution in [3.05, 3.63) is 30.0 Å². The van der Waals surface area contributed by atoms with Crippen molar-refractivity contribution in [1.82, 2.24) is 9.97 Å². The second kappa shape index (κ2) is 3.94. The number of hydrogen-bond donors (Lipinski definition) is 1. The number of carbonyl (C=O) groups is 1. The Morgan fingerprint density at radius 3 is 2.89 bits per heavy atom.